The summed E-state index contributed by atoms with van der Waals surface area (Å²) >= 11 is 0. The summed E-state index contributed by atoms with van der Waals surface area (Å²) < 4.78 is 15.9. The third kappa shape index (κ3) is 1.92. The van der Waals surface area contributed by atoms with Crippen LogP contribution in [0, 0.1) is 0 Å². The Bertz CT molecular complexity index is 910. The molecule has 3 aromatic rings. The van der Waals surface area contributed by atoms with Crippen LogP contribution in [0.4, 0.5) is 0 Å². The second-order valence-electron chi connectivity index (χ2n) is 4.47. The van der Waals surface area contributed by atoms with Gasteiger partial charge in [-0.1, -0.05) is 0 Å². The van der Waals surface area contributed by atoms with E-state index in [9.17, 15) is 15.0 Å². The van der Waals surface area contributed by atoms with Gasteiger partial charge >= 0.3 is 0 Å². The molecule has 3 rings (SSSR count). The van der Waals surface area contributed by atoms with E-state index >= 15 is 0 Å². The molecule has 0 bridgehead atoms. The van der Waals surface area contributed by atoms with Gasteiger partial charge in [0.05, 0.1) is 14.2 Å². The Morgan fingerprint density at radius 1 is 0.952 bits per heavy atom. The smallest absolute Gasteiger partial charge is 0.208 e. The van der Waals surface area contributed by atoms with E-state index in [-0.39, 0.29) is 39.2 Å². The molecule has 0 saturated carbocycles. The van der Waals surface area contributed by atoms with Crippen LogP contribution in [0.2, 0.25) is 0 Å². The van der Waals surface area contributed by atoms with E-state index in [2.05, 4.69) is 0 Å². The number of hydrogen-bond acceptors (Lipinski definition) is 6. The zero-order chi connectivity index (χ0) is 15.1. The molecule has 0 amide bonds. The number of hydrogen-bond donors (Lipinski definition) is 2. The maximum atomic E-state index is 12.6. The molecule has 0 atom stereocenters. The molecule has 1 aromatic heterocycles. The zero-order valence-corrected chi connectivity index (χ0v) is 11.3. The molecule has 6 heteroatoms. The lowest BCUT2D eigenvalue weighted by Crippen LogP contribution is -2.04. The second kappa shape index (κ2) is 4.59. The highest BCUT2D eigenvalue weighted by Crippen LogP contribution is 2.34. The Balaban J connectivity index is 2.56. The third-order valence-electron chi connectivity index (χ3n) is 3.24. The van der Waals surface area contributed by atoms with Crippen LogP contribution in [0.3, 0.4) is 0 Å². The molecule has 21 heavy (non-hydrogen) atoms. The number of phenolic OH excluding ortho intramolecular Hbond substituents is 2. The Labute approximate surface area is 118 Å². The summed E-state index contributed by atoms with van der Waals surface area (Å²) in [5.41, 5.74) is -0.114. The minimum absolute atomic E-state index is 0.0104. The van der Waals surface area contributed by atoms with Crippen molar-refractivity contribution in [2.45, 2.75) is 0 Å². The topological polar surface area (TPSA) is 89.1 Å². The minimum Gasteiger partial charge on any atom is -0.508 e. The number of methoxy groups -OCH3 is 2. The van der Waals surface area contributed by atoms with Crippen molar-refractivity contribution in [3.8, 4) is 23.0 Å². The number of phenols is 2. The number of benzene rings is 2. The predicted molar refractivity (Wildman–Crippen MR) is 76.4 cm³/mol. The first kappa shape index (κ1) is 13.1. The van der Waals surface area contributed by atoms with E-state index in [1.165, 1.54) is 20.3 Å². The van der Waals surface area contributed by atoms with Crippen LogP contribution < -0.4 is 14.9 Å². The molecule has 6 nitrogen and oxygen atoms in total. The quantitative estimate of drug-likeness (QED) is 0.704. The number of aromatic hydroxyl groups is 2. The van der Waals surface area contributed by atoms with Crippen molar-refractivity contribution in [2.75, 3.05) is 14.2 Å². The molecule has 1 heterocycles. The molecule has 2 aromatic carbocycles. The Morgan fingerprint density at radius 3 is 2.33 bits per heavy atom. The summed E-state index contributed by atoms with van der Waals surface area (Å²) in [5.74, 6) is 0.203. The van der Waals surface area contributed by atoms with E-state index in [1.54, 1.807) is 12.1 Å². The van der Waals surface area contributed by atoms with Gasteiger partial charge in [0.1, 0.15) is 44.9 Å². The lowest BCUT2D eigenvalue weighted by Gasteiger charge is -2.09. The largest absolute Gasteiger partial charge is 0.508 e. The van der Waals surface area contributed by atoms with Crippen molar-refractivity contribution in [3.05, 3.63) is 34.5 Å². The summed E-state index contributed by atoms with van der Waals surface area (Å²) in [5, 5.41) is 19.6. The molecule has 108 valence electrons. The SMILES string of the molecule is COc1cc(OC)c2c(=O)c3c(O)cc(O)cc3oc2c1. The summed E-state index contributed by atoms with van der Waals surface area (Å²) in [6.07, 6.45) is 0. The average molecular weight is 288 g/mol. The first-order valence-electron chi connectivity index (χ1n) is 6.09. The lowest BCUT2D eigenvalue weighted by molar-refractivity contribution is 0.396. The standard InChI is InChI=1S/C15H12O6/c1-19-8-5-10(20-2)14-12(6-8)21-11-4-7(16)3-9(17)13(11)15(14)18/h3-6,16-17H,1-2H3. The Kier molecular flexibility index (Phi) is 2.86. The van der Waals surface area contributed by atoms with E-state index < -0.39 is 5.43 Å². The van der Waals surface area contributed by atoms with Crippen molar-refractivity contribution in [1.29, 1.82) is 0 Å². The molecular formula is C15H12O6. The van der Waals surface area contributed by atoms with Crippen LogP contribution >= 0.6 is 0 Å². The third-order valence-corrected chi connectivity index (χ3v) is 3.24. The first-order chi connectivity index (χ1) is 10.0. The molecule has 0 unspecified atom stereocenters. The van der Waals surface area contributed by atoms with Crippen molar-refractivity contribution in [3.63, 3.8) is 0 Å². The van der Waals surface area contributed by atoms with E-state index in [1.807, 2.05) is 0 Å². The van der Waals surface area contributed by atoms with Gasteiger partial charge in [-0.3, -0.25) is 4.79 Å². The van der Waals surface area contributed by atoms with Gasteiger partial charge < -0.3 is 24.1 Å². The summed E-state index contributed by atoms with van der Waals surface area (Å²) in [4.78, 5) is 12.6. The van der Waals surface area contributed by atoms with E-state index in [0.717, 1.165) is 6.07 Å². The van der Waals surface area contributed by atoms with Gasteiger partial charge in [0.15, 0.2) is 0 Å². The number of ether oxygens (including phenoxy) is 2. The van der Waals surface area contributed by atoms with Crippen LogP contribution in [-0.2, 0) is 0 Å². The monoisotopic (exact) mass is 288 g/mol. The fourth-order valence-corrected chi connectivity index (χ4v) is 2.29. The van der Waals surface area contributed by atoms with Gasteiger partial charge in [0.2, 0.25) is 5.43 Å². The fraction of sp³-hybridized carbons (Fsp3) is 0.133. The summed E-state index contributed by atoms with van der Waals surface area (Å²) in [7, 11) is 2.91. The minimum atomic E-state index is -0.441. The number of rotatable bonds is 2. The summed E-state index contributed by atoms with van der Waals surface area (Å²) in [6, 6.07) is 5.45. The lowest BCUT2D eigenvalue weighted by atomic mass is 10.1. The Morgan fingerprint density at radius 2 is 1.67 bits per heavy atom. The average Bonchev–Trinajstić information content (AvgIpc) is 2.44. The van der Waals surface area contributed by atoms with Gasteiger partial charge in [-0.05, 0) is 0 Å². The molecule has 0 fully saturated rings. The van der Waals surface area contributed by atoms with Gasteiger partial charge in [0.25, 0.3) is 0 Å². The van der Waals surface area contributed by atoms with Crippen LogP contribution in [0.5, 0.6) is 23.0 Å². The maximum Gasteiger partial charge on any atom is 0.208 e. The zero-order valence-electron chi connectivity index (χ0n) is 11.3. The van der Waals surface area contributed by atoms with E-state index in [0.29, 0.717) is 5.75 Å². The van der Waals surface area contributed by atoms with Gasteiger partial charge in [-0.15, -0.1) is 0 Å². The molecular weight excluding hydrogens is 276 g/mol. The normalized spacial score (nSPS) is 11.0. The van der Waals surface area contributed by atoms with Gasteiger partial charge in [0, 0.05) is 24.3 Å². The van der Waals surface area contributed by atoms with E-state index in [4.69, 9.17) is 13.9 Å². The highest BCUT2D eigenvalue weighted by Gasteiger charge is 2.17. The first-order valence-corrected chi connectivity index (χ1v) is 6.09. The molecule has 0 aliphatic rings. The van der Waals surface area contributed by atoms with Crippen LogP contribution in [0.25, 0.3) is 21.9 Å². The highest BCUT2D eigenvalue weighted by molar-refractivity contribution is 5.96. The fourth-order valence-electron chi connectivity index (χ4n) is 2.29. The molecule has 0 aliphatic carbocycles. The van der Waals surface area contributed by atoms with Crippen LogP contribution in [0.1, 0.15) is 0 Å². The van der Waals surface area contributed by atoms with Crippen molar-refractivity contribution in [1.82, 2.24) is 0 Å². The van der Waals surface area contributed by atoms with Gasteiger partial charge in [-0.2, -0.15) is 0 Å². The van der Waals surface area contributed by atoms with Crippen LogP contribution in [-0.4, -0.2) is 24.4 Å². The van der Waals surface area contributed by atoms with Crippen molar-refractivity contribution >= 4 is 21.9 Å². The van der Waals surface area contributed by atoms with Crippen molar-refractivity contribution in [2.24, 2.45) is 0 Å². The van der Waals surface area contributed by atoms with Crippen LogP contribution in [0.15, 0.2) is 33.5 Å². The van der Waals surface area contributed by atoms with Crippen molar-refractivity contribution < 1.29 is 24.1 Å². The molecule has 0 radical (unpaired) electrons. The predicted octanol–water partition coefficient (Wildman–Crippen LogP) is 2.37. The highest BCUT2D eigenvalue weighted by atomic mass is 16.5. The Hall–Kier alpha value is -2.89. The molecule has 0 saturated heterocycles. The second-order valence-corrected chi connectivity index (χ2v) is 4.47. The molecule has 0 spiro atoms. The molecule has 0 aliphatic heterocycles. The van der Waals surface area contributed by atoms with Gasteiger partial charge in [-0.25, -0.2) is 0 Å². The number of fused-ring (bicyclic) bond motifs is 2. The summed E-state index contributed by atoms with van der Waals surface area (Å²) in [6.45, 7) is 0. The molecule has 2 N–H and O–H groups in total. The maximum absolute atomic E-state index is 12.6.